The van der Waals surface area contributed by atoms with Gasteiger partial charge in [-0.1, -0.05) is 0 Å². The molecule has 0 fully saturated rings. The first kappa shape index (κ1) is 17.8. The highest BCUT2D eigenvalue weighted by atomic mass is 32.2. The maximum Gasteiger partial charge on any atom is 0.255 e. The third-order valence-corrected chi connectivity index (χ3v) is 5.27. The molecule has 0 bridgehead atoms. The molecule has 6 nitrogen and oxygen atoms in total. The Morgan fingerprint density at radius 2 is 1.38 bits per heavy atom. The standard InChI is InChI=1S/C17H18N2O4S/c1-12(20)13-4-8-15(9-5-13)18-17(21)14-6-10-16(11-7-14)24(22,23)19(2)3/h4-11H,1-3H3,(H,18,21). The molecule has 2 rings (SSSR count). The largest absolute Gasteiger partial charge is 0.322 e. The van der Waals surface area contributed by atoms with Crippen LogP contribution in [0.2, 0.25) is 0 Å². The van der Waals surface area contributed by atoms with E-state index in [9.17, 15) is 18.0 Å². The number of amides is 1. The first-order valence-corrected chi connectivity index (χ1v) is 8.61. The lowest BCUT2D eigenvalue weighted by Gasteiger charge is -2.11. The van der Waals surface area contributed by atoms with E-state index in [2.05, 4.69) is 5.32 Å². The smallest absolute Gasteiger partial charge is 0.255 e. The van der Waals surface area contributed by atoms with Crippen LogP contribution < -0.4 is 5.32 Å². The van der Waals surface area contributed by atoms with Crippen LogP contribution in [0.1, 0.15) is 27.6 Å². The summed E-state index contributed by atoms with van der Waals surface area (Å²) in [6, 6.07) is 12.2. The van der Waals surface area contributed by atoms with Crippen LogP contribution in [-0.4, -0.2) is 38.5 Å². The Kier molecular flexibility index (Phi) is 5.16. The molecular weight excluding hydrogens is 328 g/mol. The minimum absolute atomic E-state index is 0.0504. The monoisotopic (exact) mass is 346 g/mol. The van der Waals surface area contributed by atoms with Gasteiger partial charge < -0.3 is 5.32 Å². The molecule has 0 aromatic heterocycles. The van der Waals surface area contributed by atoms with E-state index < -0.39 is 10.0 Å². The number of hydrogen-bond acceptors (Lipinski definition) is 4. The van der Waals surface area contributed by atoms with Crippen LogP contribution in [0, 0.1) is 0 Å². The van der Waals surface area contributed by atoms with Crippen molar-refractivity contribution >= 4 is 27.4 Å². The highest BCUT2D eigenvalue weighted by molar-refractivity contribution is 7.89. The third kappa shape index (κ3) is 3.87. The molecule has 0 saturated carbocycles. The molecule has 0 saturated heterocycles. The van der Waals surface area contributed by atoms with Gasteiger partial charge in [0, 0.05) is 30.9 Å². The number of Topliss-reactive ketones (excluding diaryl/α,β-unsaturated/α-hetero) is 1. The van der Waals surface area contributed by atoms with Crippen LogP contribution in [0.25, 0.3) is 0 Å². The van der Waals surface area contributed by atoms with Gasteiger partial charge in [0.15, 0.2) is 5.78 Å². The predicted molar refractivity (Wildman–Crippen MR) is 91.7 cm³/mol. The van der Waals surface area contributed by atoms with Crippen molar-refractivity contribution < 1.29 is 18.0 Å². The number of hydrogen-bond donors (Lipinski definition) is 1. The molecule has 126 valence electrons. The summed E-state index contributed by atoms with van der Waals surface area (Å²) < 4.78 is 25.1. The first-order valence-electron chi connectivity index (χ1n) is 7.17. The van der Waals surface area contributed by atoms with Crippen molar-refractivity contribution in [2.45, 2.75) is 11.8 Å². The van der Waals surface area contributed by atoms with E-state index in [4.69, 9.17) is 0 Å². The van der Waals surface area contributed by atoms with Gasteiger partial charge in [0.1, 0.15) is 0 Å². The number of anilines is 1. The minimum Gasteiger partial charge on any atom is -0.322 e. The molecule has 7 heteroatoms. The number of carbonyl (C=O) groups excluding carboxylic acids is 2. The molecule has 0 heterocycles. The second-order valence-corrected chi connectivity index (χ2v) is 7.55. The van der Waals surface area contributed by atoms with E-state index in [1.807, 2.05) is 0 Å². The molecule has 24 heavy (non-hydrogen) atoms. The van der Waals surface area contributed by atoms with Gasteiger partial charge in [0.2, 0.25) is 10.0 Å². The lowest BCUT2D eigenvalue weighted by Crippen LogP contribution is -2.22. The third-order valence-electron chi connectivity index (χ3n) is 3.44. The molecule has 1 amide bonds. The zero-order chi connectivity index (χ0) is 17.9. The fourth-order valence-corrected chi connectivity index (χ4v) is 2.88. The molecule has 0 unspecified atom stereocenters. The molecule has 0 aliphatic rings. The van der Waals surface area contributed by atoms with Gasteiger partial charge in [-0.2, -0.15) is 0 Å². The number of ketones is 1. The normalized spacial score (nSPS) is 11.3. The molecular formula is C17H18N2O4S. The Balaban J connectivity index is 2.14. The summed E-state index contributed by atoms with van der Waals surface area (Å²) >= 11 is 0. The molecule has 0 aliphatic carbocycles. The van der Waals surface area contributed by atoms with Crippen molar-refractivity contribution in [3.05, 3.63) is 59.7 Å². The number of carbonyl (C=O) groups is 2. The van der Waals surface area contributed by atoms with Crippen LogP contribution >= 0.6 is 0 Å². The van der Waals surface area contributed by atoms with Gasteiger partial charge in [-0.05, 0) is 55.5 Å². The lowest BCUT2D eigenvalue weighted by atomic mass is 10.1. The lowest BCUT2D eigenvalue weighted by molar-refractivity contribution is 0.101. The molecule has 2 aromatic rings. The van der Waals surface area contributed by atoms with Crippen LogP contribution in [0.4, 0.5) is 5.69 Å². The average Bonchev–Trinajstić information content (AvgIpc) is 2.55. The SMILES string of the molecule is CC(=O)c1ccc(NC(=O)c2ccc(S(=O)(=O)N(C)C)cc2)cc1. The van der Waals surface area contributed by atoms with E-state index >= 15 is 0 Å². The zero-order valence-electron chi connectivity index (χ0n) is 13.6. The first-order chi connectivity index (χ1) is 11.2. The summed E-state index contributed by atoms with van der Waals surface area (Å²) in [5.74, 6) is -0.412. The van der Waals surface area contributed by atoms with Gasteiger partial charge in [0.05, 0.1) is 4.90 Å². The maximum atomic E-state index is 12.2. The topological polar surface area (TPSA) is 83.5 Å². The molecule has 0 atom stereocenters. The van der Waals surface area contributed by atoms with Crippen LogP contribution in [0.5, 0.6) is 0 Å². The van der Waals surface area contributed by atoms with Crippen LogP contribution in [0.15, 0.2) is 53.4 Å². The van der Waals surface area contributed by atoms with E-state index in [1.165, 1.54) is 45.3 Å². The Bertz CT molecular complexity index is 854. The molecule has 0 radical (unpaired) electrons. The van der Waals surface area contributed by atoms with E-state index in [0.29, 0.717) is 16.8 Å². The highest BCUT2D eigenvalue weighted by Crippen LogP contribution is 2.16. The second kappa shape index (κ2) is 6.94. The molecule has 2 aromatic carbocycles. The maximum absolute atomic E-state index is 12.2. The molecule has 0 aliphatic heterocycles. The predicted octanol–water partition coefficient (Wildman–Crippen LogP) is 2.39. The van der Waals surface area contributed by atoms with E-state index in [1.54, 1.807) is 24.3 Å². The number of nitrogens with zero attached hydrogens (tertiary/aromatic N) is 1. The van der Waals surface area contributed by atoms with Crippen molar-refractivity contribution in [2.75, 3.05) is 19.4 Å². The van der Waals surface area contributed by atoms with Crippen LogP contribution in [0.3, 0.4) is 0 Å². The Hall–Kier alpha value is -2.51. The fraction of sp³-hybridized carbons (Fsp3) is 0.176. The fourth-order valence-electron chi connectivity index (χ4n) is 1.98. The van der Waals surface area contributed by atoms with Crippen molar-refractivity contribution in [2.24, 2.45) is 0 Å². The van der Waals surface area contributed by atoms with Crippen molar-refractivity contribution in [3.63, 3.8) is 0 Å². The van der Waals surface area contributed by atoms with E-state index in [0.717, 1.165) is 4.31 Å². The Labute approximate surface area is 141 Å². The number of nitrogens with one attached hydrogen (secondary N) is 1. The van der Waals surface area contributed by atoms with Gasteiger partial charge in [-0.15, -0.1) is 0 Å². The zero-order valence-corrected chi connectivity index (χ0v) is 14.4. The summed E-state index contributed by atoms with van der Waals surface area (Å²) in [6.45, 7) is 1.47. The minimum atomic E-state index is -3.52. The summed E-state index contributed by atoms with van der Waals surface area (Å²) in [7, 11) is -0.631. The van der Waals surface area contributed by atoms with Gasteiger partial charge in [-0.3, -0.25) is 9.59 Å². The average molecular weight is 346 g/mol. The Morgan fingerprint density at radius 1 is 0.875 bits per heavy atom. The van der Waals surface area contributed by atoms with Gasteiger partial charge in [-0.25, -0.2) is 12.7 Å². The van der Waals surface area contributed by atoms with E-state index in [-0.39, 0.29) is 16.6 Å². The van der Waals surface area contributed by atoms with Crippen LogP contribution in [-0.2, 0) is 10.0 Å². The number of rotatable bonds is 5. The summed E-state index contributed by atoms with van der Waals surface area (Å²) in [6.07, 6.45) is 0. The molecule has 1 N–H and O–H groups in total. The van der Waals surface area contributed by atoms with Crippen molar-refractivity contribution in [1.82, 2.24) is 4.31 Å². The van der Waals surface area contributed by atoms with Gasteiger partial charge in [0.25, 0.3) is 5.91 Å². The van der Waals surface area contributed by atoms with Crippen molar-refractivity contribution in [3.8, 4) is 0 Å². The quantitative estimate of drug-likeness (QED) is 0.843. The summed E-state index contributed by atoms with van der Waals surface area (Å²) in [5.41, 5.74) is 1.45. The number of benzene rings is 2. The number of sulfonamides is 1. The summed E-state index contributed by atoms with van der Waals surface area (Å²) in [4.78, 5) is 23.5. The summed E-state index contributed by atoms with van der Waals surface area (Å²) in [5, 5.41) is 2.70. The van der Waals surface area contributed by atoms with Gasteiger partial charge >= 0.3 is 0 Å². The second-order valence-electron chi connectivity index (χ2n) is 5.40. The Morgan fingerprint density at radius 3 is 1.83 bits per heavy atom. The molecule has 0 spiro atoms. The highest BCUT2D eigenvalue weighted by Gasteiger charge is 2.17. The van der Waals surface area contributed by atoms with Crippen molar-refractivity contribution in [1.29, 1.82) is 0 Å².